The van der Waals surface area contributed by atoms with Gasteiger partial charge < -0.3 is 10.5 Å². The van der Waals surface area contributed by atoms with Crippen LogP contribution in [0.3, 0.4) is 0 Å². The second-order valence-corrected chi connectivity index (χ2v) is 3.99. The first kappa shape index (κ1) is 12.5. The quantitative estimate of drug-likeness (QED) is 0.903. The van der Waals surface area contributed by atoms with Gasteiger partial charge in [-0.25, -0.2) is 8.78 Å². The van der Waals surface area contributed by atoms with E-state index in [1.807, 2.05) is 19.1 Å². The van der Waals surface area contributed by atoms with Crippen molar-refractivity contribution in [3.63, 3.8) is 0 Å². The molecular formula is C14H13F2NO. The van der Waals surface area contributed by atoms with Gasteiger partial charge in [0.1, 0.15) is 11.6 Å². The topological polar surface area (TPSA) is 35.2 Å². The van der Waals surface area contributed by atoms with Crippen molar-refractivity contribution in [2.75, 3.05) is 0 Å². The summed E-state index contributed by atoms with van der Waals surface area (Å²) in [5, 5.41) is 0. The zero-order valence-corrected chi connectivity index (χ0v) is 9.91. The first-order chi connectivity index (χ1) is 8.60. The molecule has 0 radical (unpaired) electrons. The lowest BCUT2D eigenvalue weighted by atomic mass is 10.1. The highest BCUT2D eigenvalue weighted by Gasteiger charge is 2.09. The minimum atomic E-state index is -0.611. The van der Waals surface area contributed by atoms with Gasteiger partial charge >= 0.3 is 0 Å². The maximum Gasteiger partial charge on any atom is 0.165 e. The van der Waals surface area contributed by atoms with Crippen LogP contribution in [0.1, 0.15) is 11.1 Å². The summed E-state index contributed by atoms with van der Waals surface area (Å²) in [6.07, 6.45) is 0. The van der Waals surface area contributed by atoms with Gasteiger partial charge in [-0.3, -0.25) is 0 Å². The van der Waals surface area contributed by atoms with Crippen molar-refractivity contribution < 1.29 is 13.5 Å². The number of hydrogen-bond donors (Lipinski definition) is 1. The number of ether oxygens (including phenoxy) is 1. The van der Waals surface area contributed by atoms with E-state index in [0.29, 0.717) is 5.75 Å². The molecular weight excluding hydrogens is 236 g/mol. The Morgan fingerprint density at radius 1 is 1.06 bits per heavy atom. The second-order valence-electron chi connectivity index (χ2n) is 3.99. The minimum Gasteiger partial charge on any atom is -0.454 e. The molecule has 4 heteroatoms. The van der Waals surface area contributed by atoms with Crippen LogP contribution in [0.25, 0.3) is 0 Å². The number of hydrogen-bond acceptors (Lipinski definition) is 2. The standard InChI is InChI=1S/C14H13F2NO/c1-9-2-5-13(10(6-9)8-17)18-14-7-11(15)3-4-12(14)16/h2-7H,8,17H2,1H3. The van der Waals surface area contributed by atoms with Crippen molar-refractivity contribution in [2.24, 2.45) is 5.73 Å². The highest BCUT2D eigenvalue weighted by Crippen LogP contribution is 2.28. The van der Waals surface area contributed by atoms with E-state index in [9.17, 15) is 8.78 Å². The molecule has 2 nitrogen and oxygen atoms in total. The highest BCUT2D eigenvalue weighted by molar-refractivity contribution is 5.40. The van der Waals surface area contributed by atoms with Crippen LogP contribution in [0.5, 0.6) is 11.5 Å². The monoisotopic (exact) mass is 249 g/mol. The summed E-state index contributed by atoms with van der Waals surface area (Å²) in [5.74, 6) is -0.867. The Hall–Kier alpha value is -1.94. The van der Waals surface area contributed by atoms with Gasteiger partial charge in [-0.1, -0.05) is 17.7 Å². The van der Waals surface area contributed by atoms with E-state index < -0.39 is 11.6 Å². The third-order valence-corrected chi connectivity index (χ3v) is 2.55. The zero-order chi connectivity index (χ0) is 13.1. The third-order valence-electron chi connectivity index (χ3n) is 2.55. The molecule has 0 atom stereocenters. The molecule has 0 saturated heterocycles. The van der Waals surface area contributed by atoms with Gasteiger partial charge in [-0.05, 0) is 25.1 Å². The highest BCUT2D eigenvalue weighted by atomic mass is 19.1. The van der Waals surface area contributed by atoms with Crippen molar-refractivity contribution in [1.29, 1.82) is 0 Å². The maximum absolute atomic E-state index is 13.4. The van der Waals surface area contributed by atoms with Crippen LogP contribution < -0.4 is 10.5 Å². The lowest BCUT2D eigenvalue weighted by Crippen LogP contribution is -2.00. The van der Waals surface area contributed by atoms with Crippen molar-refractivity contribution >= 4 is 0 Å². The van der Waals surface area contributed by atoms with Gasteiger partial charge in [-0.15, -0.1) is 0 Å². The predicted molar refractivity (Wildman–Crippen MR) is 65.5 cm³/mol. The van der Waals surface area contributed by atoms with E-state index in [1.165, 1.54) is 0 Å². The molecule has 0 aliphatic heterocycles. The minimum absolute atomic E-state index is 0.145. The summed E-state index contributed by atoms with van der Waals surface area (Å²) in [4.78, 5) is 0. The molecule has 0 aliphatic carbocycles. The fourth-order valence-corrected chi connectivity index (χ4v) is 1.64. The van der Waals surface area contributed by atoms with Crippen LogP contribution in [0, 0.1) is 18.6 Å². The molecule has 0 aliphatic rings. The largest absolute Gasteiger partial charge is 0.454 e. The van der Waals surface area contributed by atoms with Gasteiger partial charge in [0.15, 0.2) is 11.6 Å². The predicted octanol–water partition coefficient (Wildman–Crippen LogP) is 3.52. The number of aryl methyl sites for hydroxylation is 1. The average Bonchev–Trinajstić information content (AvgIpc) is 2.36. The number of nitrogens with two attached hydrogens (primary N) is 1. The maximum atomic E-state index is 13.4. The molecule has 0 amide bonds. The third kappa shape index (κ3) is 2.65. The van der Waals surface area contributed by atoms with E-state index in [1.54, 1.807) is 6.07 Å². The Balaban J connectivity index is 2.36. The number of benzene rings is 2. The average molecular weight is 249 g/mol. The molecule has 2 aromatic carbocycles. The Morgan fingerprint density at radius 3 is 2.56 bits per heavy atom. The Morgan fingerprint density at radius 2 is 1.83 bits per heavy atom. The van der Waals surface area contributed by atoms with Gasteiger partial charge in [0.2, 0.25) is 0 Å². The van der Waals surface area contributed by atoms with Gasteiger partial charge in [0.25, 0.3) is 0 Å². The van der Waals surface area contributed by atoms with Crippen LogP contribution in [-0.2, 0) is 6.54 Å². The van der Waals surface area contributed by atoms with E-state index in [-0.39, 0.29) is 12.3 Å². The van der Waals surface area contributed by atoms with Gasteiger partial charge in [-0.2, -0.15) is 0 Å². The molecule has 2 rings (SSSR count). The molecule has 18 heavy (non-hydrogen) atoms. The lowest BCUT2D eigenvalue weighted by molar-refractivity contribution is 0.432. The lowest BCUT2D eigenvalue weighted by Gasteiger charge is -2.11. The summed E-state index contributed by atoms with van der Waals surface area (Å²) in [6, 6.07) is 8.46. The van der Waals surface area contributed by atoms with Crippen molar-refractivity contribution in [3.05, 3.63) is 59.2 Å². The molecule has 2 aromatic rings. The van der Waals surface area contributed by atoms with E-state index in [4.69, 9.17) is 10.5 Å². The van der Waals surface area contributed by atoms with Crippen LogP contribution in [0.15, 0.2) is 36.4 Å². The van der Waals surface area contributed by atoms with Crippen LogP contribution >= 0.6 is 0 Å². The fraction of sp³-hybridized carbons (Fsp3) is 0.143. The summed E-state index contributed by atoms with van der Waals surface area (Å²) in [6.45, 7) is 2.19. The van der Waals surface area contributed by atoms with Crippen LogP contribution in [0.2, 0.25) is 0 Å². The Kier molecular flexibility index (Phi) is 3.58. The number of rotatable bonds is 3. The van der Waals surface area contributed by atoms with Crippen LogP contribution in [0.4, 0.5) is 8.78 Å². The molecule has 0 spiro atoms. The summed E-state index contributed by atoms with van der Waals surface area (Å²) in [7, 11) is 0. The molecule has 0 saturated carbocycles. The first-order valence-electron chi connectivity index (χ1n) is 5.52. The van der Waals surface area contributed by atoms with E-state index in [2.05, 4.69) is 0 Å². The molecule has 0 aromatic heterocycles. The van der Waals surface area contributed by atoms with Crippen molar-refractivity contribution in [1.82, 2.24) is 0 Å². The second kappa shape index (κ2) is 5.14. The zero-order valence-electron chi connectivity index (χ0n) is 9.91. The normalized spacial score (nSPS) is 10.4. The molecule has 0 bridgehead atoms. The number of halogens is 2. The van der Waals surface area contributed by atoms with E-state index >= 15 is 0 Å². The first-order valence-corrected chi connectivity index (χ1v) is 5.52. The molecule has 0 unspecified atom stereocenters. The fourth-order valence-electron chi connectivity index (χ4n) is 1.64. The molecule has 0 heterocycles. The van der Waals surface area contributed by atoms with Gasteiger partial charge in [0, 0.05) is 18.2 Å². The molecule has 0 fully saturated rings. The SMILES string of the molecule is Cc1ccc(Oc2cc(F)ccc2F)c(CN)c1. The van der Waals surface area contributed by atoms with Crippen LogP contribution in [-0.4, -0.2) is 0 Å². The van der Waals surface area contributed by atoms with Gasteiger partial charge in [0.05, 0.1) is 0 Å². The smallest absolute Gasteiger partial charge is 0.165 e. The Bertz CT molecular complexity index is 570. The molecule has 94 valence electrons. The van der Waals surface area contributed by atoms with Crippen molar-refractivity contribution in [3.8, 4) is 11.5 Å². The summed E-state index contributed by atoms with van der Waals surface area (Å²) in [5.41, 5.74) is 7.37. The summed E-state index contributed by atoms with van der Waals surface area (Å²) >= 11 is 0. The Labute approximate surface area is 104 Å². The van der Waals surface area contributed by atoms with E-state index in [0.717, 1.165) is 29.3 Å². The molecule has 2 N–H and O–H groups in total. The summed E-state index contributed by atoms with van der Waals surface area (Å²) < 4.78 is 31.8. The van der Waals surface area contributed by atoms with Crippen molar-refractivity contribution in [2.45, 2.75) is 13.5 Å².